The number of ether oxygens (including phenoxy) is 3. The fourth-order valence-electron chi connectivity index (χ4n) is 1.72. The smallest absolute Gasteiger partial charge is 0.248 e. The quantitative estimate of drug-likeness (QED) is 0.539. The second-order valence-corrected chi connectivity index (χ2v) is 4.18. The molecule has 0 aromatic heterocycles. The molecule has 1 saturated heterocycles. The molecule has 2 rings (SSSR count). The molecular weight excluding hydrogens is 248 g/mol. The average Bonchev–Trinajstić information content (AvgIpc) is 3.11. The first-order chi connectivity index (χ1) is 9.20. The standard InChI is InChI=1S/C14H18O5/c1-2-11-3-5-12(6-4-11)14(16)13(19-14)18-10-9-17-8-7-15/h2-6,13,15-16H,1,7-10H2. The van der Waals surface area contributed by atoms with E-state index in [9.17, 15) is 5.11 Å². The zero-order valence-corrected chi connectivity index (χ0v) is 10.6. The van der Waals surface area contributed by atoms with Crippen molar-refractivity contribution in [2.45, 2.75) is 12.1 Å². The Balaban J connectivity index is 1.79. The van der Waals surface area contributed by atoms with E-state index in [0.29, 0.717) is 18.8 Å². The van der Waals surface area contributed by atoms with E-state index >= 15 is 0 Å². The number of aliphatic hydroxyl groups excluding tert-OH is 1. The minimum atomic E-state index is -1.36. The molecule has 1 aliphatic heterocycles. The molecule has 2 N–H and O–H groups in total. The number of benzene rings is 1. The number of aliphatic hydroxyl groups is 2. The van der Waals surface area contributed by atoms with Gasteiger partial charge in [0.05, 0.1) is 26.4 Å². The maximum absolute atomic E-state index is 10.2. The van der Waals surface area contributed by atoms with Crippen molar-refractivity contribution < 1.29 is 24.4 Å². The van der Waals surface area contributed by atoms with Crippen LogP contribution < -0.4 is 0 Å². The summed E-state index contributed by atoms with van der Waals surface area (Å²) in [5, 5.41) is 18.7. The Morgan fingerprint density at radius 3 is 2.63 bits per heavy atom. The molecule has 1 aromatic rings. The van der Waals surface area contributed by atoms with Gasteiger partial charge in [-0.3, -0.25) is 0 Å². The van der Waals surface area contributed by atoms with E-state index in [1.165, 1.54) is 0 Å². The topological polar surface area (TPSA) is 71.5 Å². The largest absolute Gasteiger partial charge is 0.394 e. The third-order valence-corrected chi connectivity index (χ3v) is 2.84. The van der Waals surface area contributed by atoms with E-state index in [1.54, 1.807) is 18.2 Å². The van der Waals surface area contributed by atoms with Crippen molar-refractivity contribution in [1.82, 2.24) is 0 Å². The fourth-order valence-corrected chi connectivity index (χ4v) is 1.72. The summed E-state index contributed by atoms with van der Waals surface area (Å²) in [6.07, 6.45) is 1.06. The van der Waals surface area contributed by atoms with Gasteiger partial charge in [-0.1, -0.05) is 36.9 Å². The summed E-state index contributed by atoms with van der Waals surface area (Å²) in [5.41, 5.74) is 1.63. The zero-order valence-electron chi connectivity index (χ0n) is 10.6. The van der Waals surface area contributed by atoms with Gasteiger partial charge in [-0.15, -0.1) is 0 Å². The summed E-state index contributed by atoms with van der Waals surface area (Å²) in [7, 11) is 0. The Bertz CT molecular complexity index is 416. The van der Waals surface area contributed by atoms with Crippen molar-refractivity contribution in [3.63, 3.8) is 0 Å². The highest BCUT2D eigenvalue weighted by atomic mass is 16.9. The van der Waals surface area contributed by atoms with E-state index in [1.807, 2.05) is 12.1 Å². The van der Waals surface area contributed by atoms with E-state index in [4.69, 9.17) is 19.3 Å². The second kappa shape index (κ2) is 6.27. The predicted molar refractivity (Wildman–Crippen MR) is 69.2 cm³/mol. The molecular formula is C14H18O5. The third-order valence-electron chi connectivity index (χ3n) is 2.84. The molecule has 1 aliphatic rings. The van der Waals surface area contributed by atoms with Crippen LogP contribution in [-0.2, 0) is 20.0 Å². The van der Waals surface area contributed by atoms with Crippen LogP contribution in [0.2, 0.25) is 0 Å². The van der Waals surface area contributed by atoms with Gasteiger partial charge in [0.15, 0.2) is 0 Å². The fraction of sp³-hybridized carbons (Fsp3) is 0.429. The molecule has 0 radical (unpaired) electrons. The summed E-state index contributed by atoms with van der Waals surface area (Å²) in [6.45, 7) is 4.59. The Labute approximate surface area is 112 Å². The lowest BCUT2D eigenvalue weighted by atomic mass is 10.1. The van der Waals surface area contributed by atoms with Crippen molar-refractivity contribution >= 4 is 6.08 Å². The van der Waals surface area contributed by atoms with Crippen molar-refractivity contribution in [2.24, 2.45) is 0 Å². The third kappa shape index (κ3) is 3.40. The van der Waals surface area contributed by atoms with E-state index in [0.717, 1.165) is 5.56 Å². The van der Waals surface area contributed by atoms with Gasteiger partial charge in [0.1, 0.15) is 0 Å². The predicted octanol–water partition coefficient (Wildman–Crippen LogP) is 0.857. The molecule has 0 amide bonds. The van der Waals surface area contributed by atoms with Crippen LogP contribution >= 0.6 is 0 Å². The monoisotopic (exact) mass is 266 g/mol. The minimum absolute atomic E-state index is 0.0144. The zero-order chi connectivity index (χ0) is 13.7. The Hall–Kier alpha value is -1.24. The van der Waals surface area contributed by atoms with Crippen LogP contribution in [0.5, 0.6) is 0 Å². The highest BCUT2D eigenvalue weighted by molar-refractivity contribution is 5.47. The minimum Gasteiger partial charge on any atom is -0.394 e. The van der Waals surface area contributed by atoms with Crippen molar-refractivity contribution in [1.29, 1.82) is 0 Å². The Morgan fingerprint density at radius 2 is 2.00 bits per heavy atom. The van der Waals surface area contributed by atoms with Crippen LogP contribution in [0.25, 0.3) is 6.08 Å². The molecule has 0 saturated carbocycles. The second-order valence-electron chi connectivity index (χ2n) is 4.18. The van der Waals surface area contributed by atoms with Crippen LogP contribution in [0.4, 0.5) is 0 Å². The highest BCUT2D eigenvalue weighted by Crippen LogP contribution is 2.44. The van der Waals surface area contributed by atoms with Gasteiger partial charge >= 0.3 is 0 Å². The van der Waals surface area contributed by atoms with Crippen LogP contribution in [-0.4, -0.2) is 42.9 Å². The van der Waals surface area contributed by atoms with E-state index in [2.05, 4.69) is 6.58 Å². The van der Waals surface area contributed by atoms with Crippen LogP contribution in [0.1, 0.15) is 11.1 Å². The maximum Gasteiger partial charge on any atom is 0.248 e. The normalized spacial score (nSPS) is 25.3. The van der Waals surface area contributed by atoms with Gasteiger partial charge in [-0.25, -0.2) is 0 Å². The molecule has 2 atom stereocenters. The first-order valence-electron chi connectivity index (χ1n) is 6.14. The number of hydrogen-bond acceptors (Lipinski definition) is 5. The lowest BCUT2D eigenvalue weighted by Gasteiger charge is -2.07. The summed E-state index contributed by atoms with van der Waals surface area (Å²) < 4.78 is 15.5. The molecule has 1 fully saturated rings. The summed E-state index contributed by atoms with van der Waals surface area (Å²) >= 11 is 0. The first-order valence-corrected chi connectivity index (χ1v) is 6.14. The number of hydrogen-bond donors (Lipinski definition) is 2. The van der Waals surface area contributed by atoms with Gasteiger partial charge < -0.3 is 24.4 Å². The van der Waals surface area contributed by atoms with Gasteiger partial charge in [0.2, 0.25) is 12.1 Å². The molecule has 104 valence electrons. The van der Waals surface area contributed by atoms with E-state index in [-0.39, 0.29) is 13.2 Å². The molecule has 19 heavy (non-hydrogen) atoms. The average molecular weight is 266 g/mol. The van der Waals surface area contributed by atoms with Gasteiger partial charge in [0, 0.05) is 5.56 Å². The molecule has 1 heterocycles. The maximum atomic E-state index is 10.2. The summed E-state index contributed by atoms with van der Waals surface area (Å²) in [5.74, 6) is -1.36. The van der Waals surface area contributed by atoms with Crippen molar-refractivity contribution in [3.05, 3.63) is 42.0 Å². The number of rotatable bonds is 8. The molecule has 2 unspecified atom stereocenters. The molecule has 5 heteroatoms. The number of epoxide rings is 1. The molecule has 0 bridgehead atoms. The summed E-state index contributed by atoms with van der Waals surface area (Å²) in [4.78, 5) is 0. The Kier molecular flexibility index (Phi) is 4.68. The highest BCUT2D eigenvalue weighted by Gasteiger charge is 2.58. The van der Waals surface area contributed by atoms with Crippen LogP contribution in [0, 0.1) is 0 Å². The SMILES string of the molecule is C=Cc1ccc(C2(O)OC2OCCOCCO)cc1. The molecule has 1 aromatic carbocycles. The Morgan fingerprint density at radius 1 is 1.26 bits per heavy atom. The van der Waals surface area contributed by atoms with Crippen LogP contribution in [0.15, 0.2) is 30.8 Å². The van der Waals surface area contributed by atoms with Gasteiger partial charge in [-0.05, 0) is 5.56 Å². The lowest BCUT2D eigenvalue weighted by molar-refractivity contribution is -0.00705. The van der Waals surface area contributed by atoms with E-state index < -0.39 is 12.1 Å². The van der Waals surface area contributed by atoms with Crippen LogP contribution in [0.3, 0.4) is 0 Å². The van der Waals surface area contributed by atoms with Crippen molar-refractivity contribution in [3.8, 4) is 0 Å². The summed E-state index contributed by atoms with van der Waals surface area (Å²) in [6, 6.07) is 7.26. The molecule has 0 aliphatic carbocycles. The van der Waals surface area contributed by atoms with Gasteiger partial charge in [-0.2, -0.15) is 0 Å². The van der Waals surface area contributed by atoms with Gasteiger partial charge in [0.25, 0.3) is 0 Å². The van der Waals surface area contributed by atoms with Crippen molar-refractivity contribution in [2.75, 3.05) is 26.4 Å². The lowest BCUT2D eigenvalue weighted by Crippen LogP contribution is -2.16. The molecule has 5 nitrogen and oxygen atoms in total. The molecule has 0 spiro atoms. The first kappa shape index (κ1) is 14.2.